The second kappa shape index (κ2) is 3.89. The van der Waals surface area contributed by atoms with Crippen LogP contribution in [0.15, 0.2) is 24.3 Å². The van der Waals surface area contributed by atoms with Crippen LogP contribution >= 0.6 is 0 Å². The van der Waals surface area contributed by atoms with Gasteiger partial charge in [-0.3, -0.25) is 4.90 Å². The Balaban J connectivity index is 1.68. The number of likely N-dealkylation sites (tertiary alicyclic amines) is 1. The zero-order chi connectivity index (χ0) is 11.0. The van der Waals surface area contributed by atoms with Gasteiger partial charge in [-0.25, -0.2) is 0 Å². The van der Waals surface area contributed by atoms with E-state index in [1.807, 2.05) is 12.1 Å². The molecule has 0 aromatic heterocycles. The number of benzene rings is 1. The van der Waals surface area contributed by atoms with E-state index in [0.29, 0.717) is 6.04 Å². The molecule has 2 saturated heterocycles. The first-order valence-electron chi connectivity index (χ1n) is 5.81. The van der Waals surface area contributed by atoms with Gasteiger partial charge in [0.25, 0.3) is 0 Å². The van der Waals surface area contributed by atoms with Gasteiger partial charge in [0.05, 0.1) is 11.6 Å². The first-order valence-corrected chi connectivity index (χ1v) is 5.81. The lowest BCUT2D eigenvalue weighted by molar-refractivity contribution is 0.218. The summed E-state index contributed by atoms with van der Waals surface area (Å²) in [4.78, 5) is 2.54. The van der Waals surface area contributed by atoms with E-state index < -0.39 is 0 Å². The van der Waals surface area contributed by atoms with Crippen LogP contribution in [0.5, 0.6) is 0 Å². The van der Waals surface area contributed by atoms with Crippen LogP contribution in [0.1, 0.15) is 17.5 Å². The maximum Gasteiger partial charge on any atom is 0.0991 e. The van der Waals surface area contributed by atoms with Crippen molar-refractivity contribution in [2.24, 2.45) is 0 Å². The smallest absolute Gasteiger partial charge is 0.0991 e. The zero-order valence-electron chi connectivity index (χ0n) is 9.19. The van der Waals surface area contributed by atoms with E-state index in [9.17, 15) is 0 Å². The van der Waals surface area contributed by atoms with Crippen molar-refractivity contribution in [3.8, 4) is 6.07 Å². The van der Waals surface area contributed by atoms with Crippen molar-refractivity contribution in [1.82, 2.24) is 10.2 Å². The third-order valence-corrected chi connectivity index (χ3v) is 3.64. The molecule has 2 atom stereocenters. The summed E-state index contributed by atoms with van der Waals surface area (Å²) >= 11 is 0. The molecule has 0 radical (unpaired) electrons. The predicted molar refractivity (Wildman–Crippen MR) is 61.8 cm³/mol. The van der Waals surface area contributed by atoms with Gasteiger partial charge in [0.2, 0.25) is 0 Å². The summed E-state index contributed by atoms with van der Waals surface area (Å²) < 4.78 is 0. The SMILES string of the molecule is N#Cc1ccc(CN2CC3CC2CN3)cc1. The average molecular weight is 213 g/mol. The topological polar surface area (TPSA) is 39.1 Å². The van der Waals surface area contributed by atoms with E-state index in [4.69, 9.17) is 5.26 Å². The predicted octanol–water partition coefficient (Wildman–Crippen LogP) is 1.10. The molecule has 2 aliphatic rings. The largest absolute Gasteiger partial charge is 0.311 e. The molecule has 3 heteroatoms. The molecule has 1 aromatic rings. The van der Waals surface area contributed by atoms with Gasteiger partial charge in [0.15, 0.2) is 0 Å². The van der Waals surface area contributed by atoms with Gasteiger partial charge < -0.3 is 5.32 Å². The highest BCUT2D eigenvalue weighted by atomic mass is 15.3. The highest BCUT2D eigenvalue weighted by Gasteiger charge is 2.37. The van der Waals surface area contributed by atoms with Crippen LogP contribution in [0.25, 0.3) is 0 Å². The fourth-order valence-corrected chi connectivity index (χ4v) is 2.76. The lowest BCUT2D eigenvalue weighted by Crippen LogP contribution is -2.42. The van der Waals surface area contributed by atoms with Gasteiger partial charge in [-0.05, 0) is 24.1 Å². The Morgan fingerprint density at radius 3 is 2.75 bits per heavy atom. The van der Waals surface area contributed by atoms with E-state index in [2.05, 4.69) is 28.4 Å². The molecule has 0 spiro atoms. The van der Waals surface area contributed by atoms with Crippen LogP contribution in [0.4, 0.5) is 0 Å². The van der Waals surface area contributed by atoms with E-state index in [0.717, 1.165) is 24.7 Å². The number of hydrogen-bond acceptors (Lipinski definition) is 3. The number of nitrogens with zero attached hydrogens (tertiary/aromatic N) is 2. The summed E-state index contributed by atoms with van der Waals surface area (Å²) in [6, 6.07) is 11.5. The molecular formula is C13H15N3. The van der Waals surface area contributed by atoms with E-state index in [-0.39, 0.29) is 0 Å². The number of fused-ring (bicyclic) bond motifs is 2. The lowest BCUT2D eigenvalue weighted by Gasteiger charge is -2.27. The molecule has 0 aliphatic carbocycles. The van der Waals surface area contributed by atoms with Gasteiger partial charge in [0, 0.05) is 31.7 Å². The number of rotatable bonds is 2. The highest BCUT2D eigenvalue weighted by Crippen LogP contribution is 2.24. The Bertz CT molecular complexity index is 418. The molecular weight excluding hydrogens is 198 g/mol. The summed E-state index contributed by atoms with van der Waals surface area (Å²) in [5.74, 6) is 0. The minimum absolute atomic E-state index is 0.711. The van der Waals surface area contributed by atoms with Crippen molar-refractivity contribution in [1.29, 1.82) is 5.26 Å². The first kappa shape index (κ1) is 9.83. The maximum absolute atomic E-state index is 8.73. The standard InChI is InChI=1S/C13H15N3/c14-6-10-1-3-11(4-2-10)8-16-9-12-5-13(16)7-15-12/h1-4,12-13,15H,5,7-9H2. The van der Waals surface area contributed by atoms with Crippen molar-refractivity contribution < 1.29 is 0 Å². The molecule has 0 saturated carbocycles. The molecule has 2 unspecified atom stereocenters. The Morgan fingerprint density at radius 1 is 1.38 bits per heavy atom. The molecule has 3 nitrogen and oxygen atoms in total. The molecule has 2 aliphatic heterocycles. The molecule has 2 fully saturated rings. The molecule has 0 amide bonds. The van der Waals surface area contributed by atoms with Crippen molar-refractivity contribution in [2.45, 2.75) is 25.0 Å². The maximum atomic E-state index is 8.73. The first-order chi connectivity index (χ1) is 7.85. The Kier molecular flexibility index (Phi) is 2.39. The van der Waals surface area contributed by atoms with Crippen molar-refractivity contribution in [2.75, 3.05) is 13.1 Å². The van der Waals surface area contributed by atoms with Crippen LogP contribution in [0, 0.1) is 11.3 Å². The average Bonchev–Trinajstić information content (AvgIpc) is 2.92. The van der Waals surface area contributed by atoms with E-state index in [1.165, 1.54) is 18.5 Å². The number of piperazine rings is 1. The fourth-order valence-electron chi connectivity index (χ4n) is 2.76. The molecule has 2 heterocycles. The quantitative estimate of drug-likeness (QED) is 0.799. The Labute approximate surface area is 95.7 Å². The monoisotopic (exact) mass is 213 g/mol. The molecule has 1 N–H and O–H groups in total. The molecule has 1 aromatic carbocycles. The molecule has 82 valence electrons. The Hall–Kier alpha value is -1.37. The lowest BCUT2D eigenvalue weighted by atomic mass is 10.1. The van der Waals surface area contributed by atoms with Gasteiger partial charge in [-0.1, -0.05) is 12.1 Å². The minimum atomic E-state index is 0.711. The second-order valence-electron chi connectivity index (χ2n) is 4.73. The highest BCUT2D eigenvalue weighted by molar-refractivity contribution is 5.31. The van der Waals surface area contributed by atoms with E-state index in [1.54, 1.807) is 0 Å². The third-order valence-electron chi connectivity index (χ3n) is 3.64. The van der Waals surface area contributed by atoms with Crippen LogP contribution in [0.2, 0.25) is 0 Å². The fraction of sp³-hybridized carbons (Fsp3) is 0.462. The van der Waals surface area contributed by atoms with Crippen LogP contribution < -0.4 is 5.32 Å². The van der Waals surface area contributed by atoms with Crippen LogP contribution in [-0.4, -0.2) is 30.1 Å². The Morgan fingerprint density at radius 2 is 2.19 bits per heavy atom. The summed E-state index contributed by atoms with van der Waals surface area (Å²) in [6.45, 7) is 3.33. The molecule has 16 heavy (non-hydrogen) atoms. The van der Waals surface area contributed by atoms with Crippen molar-refractivity contribution >= 4 is 0 Å². The summed E-state index contributed by atoms with van der Waals surface area (Å²) in [7, 11) is 0. The summed E-state index contributed by atoms with van der Waals surface area (Å²) in [5.41, 5.74) is 2.06. The van der Waals surface area contributed by atoms with Crippen molar-refractivity contribution in [3.63, 3.8) is 0 Å². The number of hydrogen-bond donors (Lipinski definition) is 1. The van der Waals surface area contributed by atoms with Gasteiger partial charge in [0.1, 0.15) is 0 Å². The van der Waals surface area contributed by atoms with Crippen LogP contribution in [-0.2, 0) is 6.54 Å². The minimum Gasteiger partial charge on any atom is -0.311 e. The van der Waals surface area contributed by atoms with E-state index >= 15 is 0 Å². The van der Waals surface area contributed by atoms with Crippen LogP contribution in [0.3, 0.4) is 0 Å². The number of nitrogens with one attached hydrogen (secondary N) is 1. The van der Waals surface area contributed by atoms with Crippen molar-refractivity contribution in [3.05, 3.63) is 35.4 Å². The number of nitriles is 1. The summed E-state index contributed by atoms with van der Waals surface area (Å²) in [6.07, 6.45) is 1.30. The third kappa shape index (κ3) is 1.71. The second-order valence-corrected chi connectivity index (χ2v) is 4.73. The van der Waals surface area contributed by atoms with Gasteiger partial charge in [-0.2, -0.15) is 5.26 Å². The van der Waals surface area contributed by atoms with Gasteiger partial charge in [-0.15, -0.1) is 0 Å². The zero-order valence-corrected chi connectivity index (χ0v) is 9.19. The molecule has 2 bridgehead atoms. The summed E-state index contributed by atoms with van der Waals surface area (Å²) in [5, 5.41) is 12.2. The normalized spacial score (nSPS) is 28.2. The molecule has 3 rings (SSSR count). The van der Waals surface area contributed by atoms with Gasteiger partial charge >= 0.3 is 0 Å².